The van der Waals surface area contributed by atoms with Crippen molar-refractivity contribution in [2.45, 2.75) is 44.2 Å². The minimum absolute atomic E-state index is 0.0701. The van der Waals surface area contributed by atoms with E-state index in [1.807, 2.05) is 30.3 Å². The van der Waals surface area contributed by atoms with Gasteiger partial charge in [-0.05, 0) is 74.4 Å². The monoisotopic (exact) mass is 392 g/mol. The second-order valence-electron chi connectivity index (χ2n) is 8.01. The Labute approximate surface area is 171 Å². The molecule has 1 atom stereocenters. The van der Waals surface area contributed by atoms with Crippen molar-refractivity contribution in [3.63, 3.8) is 0 Å². The van der Waals surface area contributed by atoms with Crippen LogP contribution in [0.5, 0.6) is 0 Å². The van der Waals surface area contributed by atoms with Gasteiger partial charge in [-0.2, -0.15) is 0 Å². The van der Waals surface area contributed by atoms with Crippen molar-refractivity contribution < 1.29 is 9.59 Å². The Bertz CT molecular complexity index is 836. The van der Waals surface area contributed by atoms with Crippen molar-refractivity contribution in [1.82, 2.24) is 20.5 Å². The molecule has 0 saturated carbocycles. The number of carbonyl (C=O) groups is 2. The quantitative estimate of drug-likeness (QED) is 0.711. The summed E-state index contributed by atoms with van der Waals surface area (Å²) in [5, 5.41) is 6.51. The van der Waals surface area contributed by atoms with Crippen LogP contribution >= 0.6 is 0 Å². The van der Waals surface area contributed by atoms with Gasteiger partial charge in [-0.15, -0.1) is 0 Å². The number of aryl methyl sites for hydroxylation is 1. The molecule has 152 valence electrons. The van der Waals surface area contributed by atoms with Crippen molar-refractivity contribution in [3.05, 3.63) is 66.0 Å². The lowest BCUT2D eigenvalue weighted by atomic mass is 9.74. The van der Waals surface area contributed by atoms with Crippen molar-refractivity contribution in [1.29, 1.82) is 0 Å². The molecular formula is C23H28N4O2. The number of pyridine rings is 1. The Hall–Kier alpha value is -2.73. The number of hydrogen-bond acceptors (Lipinski definition) is 4. The normalized spacial score (nSPS) is 22.7. The van der Waals surface area contributed by atoms with E-state index in [2.05, 4.69) is 27.8 Å². The number of piperidine rings is 1. The third-order valence-corrected chi connectivity index (χ3v) is 6.21. The summed E-state index contributed by atoms with van der Waals surface area (Å²) in [6.45, 7) is 2.07. The van der Waals surface area contributed by atoms with Gasteiger partial charge in [0.15, 0.2) is 0 Å². The lowest BCUT2D eigenvalue weighted by molar-refractivity contribution is -0.134. The Balaban J connectivity index is 1.53. The number of carbonyl (C=O) groups excluding carboxylic acids is 2. The smallest absolute Gasteiger partial charge is 0.323 e. The zero-order valence-electron chi connectivity index (χ0n) is 16.6. The second kappa shape index (κ2) is 8.74. The molecule has 29 heavy (non-hydrogen) atoms. The number of aromatic nitrogens is 1. The molecule has 0 radical (unpaired) electrons. The van der Waals surface area contributed by atoms with Gasteiger partial charge >= 0.3 is 6.03 Å². The molecule has 1 unspecified atom stereocenters. The van der Waals surface area contributed by atoms with E-state index in [1.54, 1.807) is 12.4 Å². The molecule has 4 rings (SSSR count). The van der Waals surface area contributed by atoms with E-state index < -0.39 is 5.54 Å². The third kappa shape index (κ3) is 4.17. The predicted octanol–water partition coefficient (Wildman–Crippen LogP) is 2.89. The second-order valence-corrected chi connectivity index (χ2v) is 8.01. The number of nitrogens with one attached hydrogen (secondary N) is 2. The van der Waals surface area contributed by atoms with Gasteiger partial charge < -0.3 is 10.6 Å². The van der Waals surface area contributed by atoms with E-state index in [9.17, 15) is 9.59 Å². The van der Waals surface area contributed by atoms with Gasteiger partial charge in [0, 0.05) is 12.4 Å². The molecule has 2 aromatic rings. The zero-order chi connectivity index (χ0) is 20.1. The van der Waals surface area contributed by atoms with Gasteiger partial charge in [-0.1, -0.05) is 30.3 Å². The molecule has 2 fully saturated rings. The molecule has 1 aromatic heterocycles. The van der Waals surface area contributed by atoms with Gasteiger partial charge in [0.1, 0.15) is 5.54 Å². The highest BCUT2D eigenvalue weighted by molar-refractivity contribution is 6.07. The lowest BCUT2D eigenvalue weighted by Crippen LogP contribution is -2.55. The summed E-state index contributed by atoms with van der Waals surface area (Å²) in [5.41, 5.74) is 1.38. The van der Waals surface area contributed by atoms with Gasteiger partial charge in [0.05, 0.1) is 6.54 Å². The number of rotatable bonds is 7. The summed E-state index contributed by atoms with van der Waals surface area (Å²) in [5.74, 6) is 0.0951. The maximum atomic E-state index is 13.6. The first-order valence-corrected chi connectivity index (χ1v) is 10.5. The summed E-state index contributed by atoms with van der Waals surface area (Å²) < 4.78 is 0. The predicted molar refractivity (Wildman–Crippen MR) is 111 cm³/mol. The Kier molecular flexibility index (Phi) is 5.90. The number of urea groups is 1. The fourth-order valence-electron chi connectivity index (χ4n) is 4.64. The van der Waals surface area contributed by atoms with Gasteiger partial charge in [-0.25, -0.2) is 4.79 Å². The molecule has 2 aliphatic rings. The molecule has 2 N–H and O–H groups in total. The Morgan fingerprint density at radius 1 is 1.00 bits per heavy atom. The fourth-order valence-corrected chi connectivity index (χ4v) is 4.64. The largest absolute Gasteiger partial charge is 0.325 e. The molecule has 2 aliphatic heterocycles. The number of nitrogens with zero attached hydrogens (tertiary/aromatic N) is 2. The molecule has 1 aromatic carbocycles. The molecule has 6 heteroatoms. The van der Waals surface area contributed by atoms with Crippen molar-refractivity contribution in [2.75, 3.05) is 13.1 Å². The highest BCUT2D eigenvalue weighted by Crippen LogP contribution is 2.36. The van der Waals surface area contributed by atoms with E-state index >= 15 is 0 Å². The molecule has 2 saturated heterocycles. The van der Waals surface area contributed by atoms with Gasteiger partial charge in [0.2, 0.25) is 0 Å². The van der Waals surface area contributed by atoms with Crippen LogP contribution in [0.3, 0.4) is 0 Å². The standard InChI is InChI=1S/C23H28N4O2/c28-21-23(20-10-15-25-16-11-20,12-4-7-18-5-2-1-3-6-18)26-22(29)27(21)17-19-8-13-24-14-9-19/h1-3,5-6,8-9,13-14,20,25H,4,7,10-12,15-17H2,(H,26,29). The Morgan fingerprint density at radius 3 is 2.45 bits per heavy atom. The molecule has 0 aliphatic carbocycles. The SMILES string of the molecule is O=C1NC(CCCc2ccccc2)(C2CCNCC2)C(=O)N1Cc1ccncc1. The lowest BCUT2D eigenvalue weighted by Gasteiger charge is -2.38. The maximum absolute atomic E-state index is 13.6. The fraction of sp³-hybridized carbons (Fsp3) is 0.435. The summed E-state index contributed by atoms with van der Waals surface area (Å²) in [6.07, 6.45) is 7.62. The van der Waals surface area contributed by atoms with E-state index in [0.717, 1.165) is 44.3 Å². The molecule has 0 bridgehead atoms. The van der Waals surface area contributed by atoms with Crippen LogP contribution in [0.25, 0.3) is 0 Å². The summed E-state index contributed by atoms with van der Waals surface area (Å²) in [7, 11) is 0. The molecule has 3 heterocycles. The number of imide groups is 1. The van der Waals surface area contributed by atoms with Crippen LogP contribution in [0, 0.1) is 5.92 Å². The highest BCUT2D eigenvalue weighted by Gasteiger charge is 2.54. The first-order valence-electron chi connectivity index (χ1n) is 10.5. The minimum atomic E-state index is -0.791. The van der Waals surface area contributed by atoms with Gasteiger partial charge in [0.25, 0.3) is 5.91 Å². The minimum Gasteiger partial charge on any atom is -0.323 e. The van der Waals surface area contributed by atoms with Crippen LogP contribution in [-0.4, -0.2) is 40.5 Å². The van der Waals surface area contributed by atoms with Crippen molar-refractivity contribution in [3.8, 4) is 0 Å². The van der Waals surface area contributed by atoms with Crippen molar-refractivity contribution in [2.24, 2.45) is 5.92 Å². The zero-order valence-corrected chi connectivity index (χ0v) is 16.6. The topological polar surface area (TPSA) is 74.3 Å². The van der Waals surface area contributed by atoms with Crippen LogP contribution < -0.4 is 10.6 Å². The Morgan fingerprint density at radius 2 is 1.72 bits per heavy atom. The molecule has 0 spiro atoms. The summed E-state index contributed by atoms with van der Waals surface area (Å²) in [6, 6.07) is 13.7. The molecular weight excluding hydrogens is 364 g/mol. The average molecular weight is 393 g/mol. The number of hydrogen-bond donors (Lipinski definition) is 2. The van der Waals surface area contributed by atoms with E-state index in [4.69, 9.17) is 0 Å². The van der Waals surface area contributed by atoms with Crippen LogP contribution in [0.2, 0.25) is 0 Å². The van der Waals surface area contributed by atoms with Gasteiger partial charge in [-0.3, -0.25) is 14.7 Å². The van der Waals surface area contributed by atoms with Crippen LogP contribution in [0.15, 0.2) is 54.9 Å². The van der Waals surface area contributed by atoms with E-state index in [-0.39, 0.29) is 17.9 Å². The summed E-state index contributed by atoms with van der Waals surface area (Å²) in [4.78, 5) is 31.8. The summed E-state index contributed by atoms with van der Waals surface area (Å²) >= 11 is 0. The van der Waals surface area contributed by atoms with Crippen LogP contribution in [-0.2, 0) is 17.8 Å². The number of amides is 3. The van der Waals surface area contributed by atoms with Crippen LogP contribution in [0.1, 0.15) is 36.8 Å². The van der Waals surface area contributed by atoms with E-state index in [1.165, 1.54) is 10.5 Å². The van der Waals surface area contributed by atoms with E-state index in [0.29, 0.717) is 13.0 Å². The molecule has 6 nitrogen and oxygen atoms in total. The highest BCUT2D eigenvalue weighted by atomic mass is 16.2. The van der Waals surface area contributed by atoms with Crippen molar-refractivity contribution >= 4 is 11.9 Å². The van der Waals surface area contributed by atoms with Crippen LogP contribution in [0.4, 0.5) is 4.79 Å². The molecule has 3 amide bonds. The average Bonchev–Trinajstić information content (AvgIpc) is 3.01. The number of benzene rings is 1. The first-order chi connectivity index (χ1) is 14.2. The third-order valence-electron chi connectivity index (χ3n) is 6.21. The first kappa shape index (κ1) is 19.6. The maximum Gasteiger partial charge on any atom is 0.325 e.